The Morgan fingerprint density at radius 3 is 2.70 bits per heavy atom. The Bertz CT molecular complexity index is 786. The number of aryl methyl sites for hydroxylation is 1. The van der Waals surface area contributed by atoms with Crippen molar-refractivity contribution < 1.29 is 4.52 Å². The zero-order valence-electron chi connectivity index (χ0n) is 11.4. The van der Waals surface area contributed by atoms with E-state index in [-0.39, 0.29) is 11.2 Å². The molecule has 106 valence electrons. The maximum Gasteiger partial charge on any atom is 0.332 e. The fourth-order valence-electron chi connectivity index (χ4n) is 2.27. The maximum atomic E-state index is 12.2. The summed E-state index contributed by atoms with van der Waals surface area (Å²) in [5.74, 6) is 1.48. The van der Waals surface area contributed by atoms with Crippen LogP contribution in [-0.2, 0) is 20.6 Å². The van der Waals surface area contributed by atoms with Gasteiger partial charge in [0.2, 0.25) is 5.89 Å². The van der Waals surface area contributed by atoms with Gasteiger partial charge in [-0.15, -0.1) is 0 Å². The van der Waals surface area contributed by atoms with Crippen molar-refractivity contribution in [2.24, 2.45) is 14.1 Å². The number of anilines is 2. The molecule has 3 rings (SSSR count). The molecule has 0 unspecified atom stereocenters. The van der Waals surface area contributed by atoms with E-state index >= 15 is 0 Å². The van der Waals surface area contributed by atoms with Crippen LogP contribution in [0.25, 0.3) is 0 Å². The van der Waals surface area contributed by atoms with Crippen LogP contribution in [0.15, 0.2) is 14.1 Å². The van der Waals surface area contributed by atoms with Gasteiger partial charge in [0, 0.05) is 21.0 Å². The zero-order chi connectivity index (χ0) is 14.4. The van der Waals surface area contributed by atoms with Crippen LogP contribution in [-0.4, -0.2) is 25.9 Å². The first-order valence-electron chi connectivity index (χ1n) is 6.07. The number of hydrogen-bond acceptors (Lipinski definition) is 7. The fraction of sp³-hybridized carbons (Fsp3) is 0.455. The van der Waals surface area contributed by atoms with Gasteiger partial charge in [-0.05, 0) is 0 Å². The Morgan fingerprint density at radius 1 is 1.30 bits per heavy atom. The minimum absolute atomic E-state index is 0.338. The Hall–Kier alpha value is -2.58. The Morgan fingerprint density at radius 2 is 2.05 bits per heavy atom. The lowest BCUT2D eigenvalue weighted by Crippen LogP contribution is -2.39. The van der Waals surface area contributed by atoms with Crippen LogP contribution in [0.4, 0.5) is 11.5 Å². The quantitative estimate of drug-likeness (QED) is 0.765. The highest BCUT2D eigenvalue weighted by molar-refractivity contribution is 5.70. The van der Waals surface area contributed by atoms with E-state index in [1.807, 2.05) is 0 Å². The number of hydrogen-bond donors (Lipinski definition) is 1. The first-order chi connectivity index (χ1) is 9.49. The minimum Gasteiger partial charge on any atom is -0.352 e. The summed E-state index contributed by atoms with van der Waals surface area (Å²) < 4.78 is 7.41. The second-order valence-corrected chi connectivity index (χ2v) is 4.67. The van der Waals surface area contributed by atoms with Crippen LogP contribution < -0.4 is 21.5 Å². The van der Waals surface area contributed by atoms with E-state index in [2.05, 4.69) is 15.5 Å². The van der Waals surface area contributed by atoms with Crippen molar-refractivity contribution in [3.8, 4) is 0 Å². The van der Waals surface area contributed by atoms with Crippen molar-refractivity contribution in [1.29, 1.82) is 0 Å². The molecule has 0 amide bonds. The molecule has 0 aromatic carbocycles. The molecular weight excluding hydrogens is 264 g/mol. The molecule has 9 nitrogen and oxygen atoms in total. The average Bonchev–Trinajstić information content (AvgIpc) is 3.01. The fourth-order valence-corrected chi connectivity index (χ4v) is 2.27. The second-order valence-electron chi connectivity index (χ2n) is 4.67. The van der Waals surface area contributed by atoms with Gasteiger partial charge in [-0.25, -0.2) is 4.79 Å². The highest BCUT2D eigenvalue weighted by atomic mass is 16.5. The van der Waals surface area contributed by atoms with E-state index in [4.69, 9.17) is 4.52 Å². The van der Waals surface area contributed by atoms with Gasteiger partial charge in [0.15, 0.2) is 5.82 Å². The van der Waals surface area contributed by atoms with Crippen molar-refractivity contribution >= 4 is 11.5 Å². The molecule has 1 aliphatic rings. The van der Waals surface area contributed by atoms with E-state index in [0.29, 0.717) is 36.4 Å². The van der Waals surface area contributed by atoms with Crippen LogP contribution in [0.5, 0.6) is 0 Å². The molecule has 3 heterocycles. The molecule has 0 saturated carbocycles. The van der Waals surface area contributed by atoms with Gasteiger partial charge in [-0.3, -0.25) is 13.9 Å². The normalized spacial score (nSPS) is 13.4. The van der Waals surface area contributed by atoms with Crippen molar-refractivity contribution in [3.05, 3.63) is 32.6 Å². The van der Waals surface area contributed by atoms with Gasteiger partial charge in [0.1, 0.15) is 11.5 Å². The molecule has 9 heteroatoms. The van der Waals surface area contributed by atoms with Crippen molar-refractivity contribution in [3.63, 3.8) is 0 Å². The van der Waals surface area contributed by atoms with Gasteiger partial charge in [0.05, 0.1) is 13.2 Å². The standard InChI is InChI=1S/C11H14N6O3/c1-6-13-7(14-20-6)4-17-5-12-9-8(17)10(18)16(3)11(19)15(9)2/h12H,4-5H2,1-3H3. The summed E-state index contributed by atoms with van der Waals surface area (Å²) in [7, 11) is 3.08. The maximum absolute atomic E-state index is 12.2. The van der Waals surface area contributed by atoms with Crippen LogP contribution in [0.2, 0.25) is 0 Å². The zero-order valence-corrected chi connectivity index (χ0v) is 11.4. The molecule has 0 spiro atoms. The van der Waals surface area contributed by atoms with E-state index in [9.17, 15) is 9.59 Å². The van der Waals surface area contributed by atoms with Crippen molar-refractivity contribution in [2.45, 2.75) is 13.5 Å². The van der Waals surface area contributed by atoms with E-state index in [0.717, 1.165) is 4.57 Å². The molecule has 20 heavy (non-hydrogen) atoms. The number of aromatic nitrogens is 4. The molecular formula is C11H14N6O3. The molecule has 0 atom stereocenters. The Kier molecular flexibility index (Phi) is 2.63. The molecule has 0 saturated heterocycles. The third-order valence-corrected chi connectivity index (χ3v) is 3.30. The van der Waals surface area contributed by atoms with Gasteiger partial charge in [-0.1, -0.05) is 5.16 Å². The molecule has 2 aromatic rings. The Labute approximate surface area is 113 Å². The molecule has 0 aliphatic carbocycles. The van der Waals surface area contributed by atoms with Crippen molar-refractivity contribution in [2.75, 3.05) is 16.9 Å². The average molecular weight is 278 g/mol. The summed E-state index contributed by atoms with van der Waals surface area (Å²) in [6.45, 7) is 2.45. The summed E-state index contributed by atoms with van der Waals surface area (Å²) in [6.07, 6.45) is 0. The van der Waals surface area contributed by atoms with E-state index in [1.54, 1.807) is 18.9 Å². The van der Waals surface area contributed by atoms with Crippen LogP contribution in [0.3, 0.4) is 0 Å². The third-order valence-electron chi connectivity index (χ3n) is 3.30. The van der Waals surface area contributed by atoms with Gasteiger partial charge in [0.25, 0.3) is 5.56 Å². The first kappa shape index (κ1) is 12.5. The number of fused-ring (bicyclic) bond motifs is 1. The van der Waals surface area contributed by atoms with E-state index < -0.39 is 0 Å². The minimum atomic E-state index is -0.362. The van der Waals surface area contributed by atoms with Gasteiger partial charge >= 0.3 is 5.69 Å². The smallest absolute Gasteiger partial charge is 0.332 e. The predicted octanol–water partition coefficient (Wildman–Crippen LogP) is -0.835. The second kappa shape index (κ2) is 4.22. The number of nitrogens with zero attached hydrogens (tertiary/aromatic N) is 5. The highest BCUT2D eigenvalue weighted by Crippen LogP contribution is 2.26. The summed E-state index contributed by atoms with van der Waals surface area (Å²) in [5.41, 5.74) is -0.260. The molecule has 0 radical (unpaired) electrons. The van der Waals surface area contributed by atoms with Crippen LogP contribution >= 0.6 is 0 Å². The van der Waals surface area contributed by atoms with Gasteiger partial charge in [-0.2, -0.15) is 4.98 Å². The molecule has 1 N–H and O–H groups in total. The molecule has 2 aromatic heterocycles. The topological polar surface area (TPSA) is 98.2 Å². The van der Waals surface area contributed by atoms with Crippen molar-refractivity contribution in [1.82, 2.24) is 19.3 Å². The largest absolute Gasteiger partial charge is 0.352 e. The highest BCUT2D eigenvalue weighted by Gasteiger charge is 2.27. The molecule has 0 bridgehead atoms. The lowest BCUT2D eigenvalue weighted by molar-refractivity contribution is 0.387. The Balaban J connectivity index is 2.06. The summed E-state index contributed by atoms with van der Waals surface area (Å²) in [4.78, 5) is 30.0. The van der Waals surface area contributed by atoms with Gasteiger partial charge < -0.3 is 14.7 Å². The lowest BCUT2D eigenvalue weighted by Gasteiger charge is -2.15. The lowest BCUT2D eigenvalue weighted by atomic mass is 10.4. The van der Waals surface area contributed by atoms with Crippen LogP contribution in [0, 0.1) is 6.92 Å². The predicted molar refractivity (Wildman–Crippen MR) is 70.6 cm³/mol. The number of rotatable bonds is 2. The first-order valence-corrected chi connectivity index (χ1v) is 6.07. The molecule has 0 fully saturated rings. The summed E-state index contributed by atoms with van der Waals surface area (Å²) >= 11 is 0. The number of nitrogens with one attached hydrogen (secondary N) is 1. The monoisotopic (exact) mass is 278 g/mol. The molecule has 1 aliphatic heterocycles. The third kappa shape index (κ3) is 1.70. The van der Waals surface area contributed by atoms with E-state index in [1.165, 1.54) is 11.6 Å². The summed E-state index contributed by atoms with van der Waals surface area (Å²) in [5, 5.41) is 6.86. The van der Waals surface area contributed by atoms with Crippen LogP contribution in [0.1, 0.15) is 11.7 Å². The SMILES string of the molecule is Cc1nc(CN2CNc3c2c(=O)n(C)c(=O)n3C)no1. The summed E-state index contributed by atoms with van der Waals surface area (Å²) in [6, 6.07) is 0.